The van der Waals surface area contributed by atoms with Gasteiger partial charge in [-0.1, -0.05) is 30.3 Å². The summed E-state index contributed by atoms with van der Waals surface area (Å²) >= 11 is 0. The first-order valence-electron chi connectivity index (χ1n) is 8.05. The van der Waals surface area contributed by atoms with Crippen LogP contribution in [0.1, 0.15) is 24.8 Å². The molecule has 5 heteroatoms. The van der Waals surface area contributed by atoms with Crippen molar-refractivity contribution in [1.82, 2.24) is 0 Å². The molecular formula is C18H21N3O2. The number of nitro benzene ring substituents is 1. The molecule has 0 unspecified atom stereocenters. The van der Waals surface area contributed by atoms with Crippen molar-refractivity contribution in [2.24, 2.45) is 0 Å². The maximum absolute atomic E-state index is 11.3. The maximum Gasteiger partial charge on any atom is 0.292 e. The number of anilines is 2. The second-order valence-electron chi connectivity index (χ2n) is 5.85. The van der Waals surface area contributed by atoms with Crippen LogP contribution in [0.25, 0.3) is 0 Å². The summed E-state index contributed by atoms with van der Waals surface area (Å²) in [6, 6.07) is 15.3. The Labute approximate surface area is 136 Å². The summed E-state index contributed by atoms with van der Waals surface area (Å²) in [6.07, 6.45) is 3.64. The van der Waals surface area contributed by atoms with Crippen molar-refractivity contribution in [2.45, 2.75) is 25.8 Å². The summed E-state index contributed by atoms with van der Waals surface area (Å²) in [7, 11) is 0. The third-order valence-corrected chi connectivity index (χ3v) is 4.22. The summed E-state index contributed by atoms with van der Waals surface area (Å²) in [4.78, 5) is 13.3. The Morgan fingerprint density at radius 1 is 1.04 bits per heavy atom. The average molecular weight is 311 g/mol. The Balaban J connectivity index is 1.81. The highest BCUT2D eigenvalue weighted by molar-refractivity contribution is 5.69. The van der Waals surface area contributed by atoms with E-state index >= 15 is 0 Å². The Hall–Kier alpha value is -2.56. The van der Waals surface area contributed by atoms with Crippen LogP contribution < -0.4 is 10.2 Å². The Morgan fingerprint density at radius 2 is 1.78 bits per heavy atom. The van der Waals surface area contributed by atoms with Crippen molar-refractivity contribution >= 4 is 17.1 Å². The van der Waals surface area contributed by atoms with Crippen LogP contribution in [-0.2, 0) is 6.54 Å². The lowest BCUT2D eigenvalue weighted by Crippen LogP contribution is -2.29. The molecule has 1 aliphatic rings. The summed E-state index contributed by atoms with van der Waals surface area (Å²) in [5.41, 5.74) is 2.87. The molecule has 2 aromatic carbocycles. The van der Waals surface area contributed by atoms with Crippen LogP contribution in [0.3, 0.4) is 0 Å². The molecule has 0 spiro atoms. The van der Waals surface area contributed by atoms with Crippen LogP contribution >= 0.6 is 0 Å². The first kappa shape index (κ1) is 15.3. The minimum atomic E-state index is -0.326. The van der Waals surface area contributed by atoms with E-state index in [9.17, 15) is 10.1 Å². The number of benzene rings is 2. The van der Waals surface area contributed by atoms with E-state index in [2.05, 4.69) is 10.2 Å². The highest BCUT2D eigenvalue weighted by Crippen LogP contribution is 2.31. The highest BCUT2D eigenvalue weighted by atomic mass is 16.6. The van der Waals surface area contributed by atoms with Crippen LogP contribution in [0, 0.1) is 10.1 Å². The molecule has 0 atom stereocenters. The molecule has 0 saturated carbocycles. The molecule has 2 aromatic rings. The lowest BCUT2D eigenvalue weighted by molar-refractivity contribution is -0.384. The van der Waals surface area contributed by atoms with Gasteiger partial charge in [-0.25, -0.2) is 0 Å². The van der Waals surface area contributed by atoms with Gasteiger partial charge in [0.25, 0.3) is 5.69 Å². The van der Waals surface area contributed by atoms with Crippen molar-refractivity contribution in [2.75, 3.05) is 23.3 Å². The number of piperidine rings is 1. The number of rotatable bonds is 5. The molecule has 0 radical (unpaired) electrons. The standard InChI is InChI=1S/C18H21N3O2/c22-21(23)18-10-9-16(20-11-5-2-6-12-20)13-17(18)19-14-15-7-3-1-4-8-15/h1,3-4,7-10,13,19H,2,5-6,11-12,14H2. The van der Waals surface area contributed by atoms with Gasteiger partial charge >= 0.3 is 0 Å². The summed E-state index contributed by atoms with van der Waals surface area (Å²) in [5, 5.41) is 14.5. The minimum Gasteiger partial charge on any atom is -0.375 e. The molecule has 1 fully saturated rings. The smallest absolute Gasteiger partial charge is 0.292 e. The van der Waals surface area contributed by atoms with E-state index in [0.29, 0.717) is 12.2 Å². The third-order valence-electron chi connectivity index (χ3n) is 4.22. The molecule has 1 heterocycles. The zero-order chi connectivity index (χ0) is 16.1. The van der Waals surface area contributed by atoms with Crippen molar-refractivity contribution in [3.05, 3.63) is 64.2 Å². The van der Waals surface area contributed by atoms with Gasteiger partial charge in [-0.2, -0.15) is 0 Å². The fraction of sp³-hybridized carbons (Fsp3) is 0.333. The monoisotopic (exact) mass is 311 g/mol. The van der Waals surface area contributed by atoms with E-state index in [1.165, 1.54) is 19.3 Å². The quantitative estimate of drug-likeness (QED) is 0.664. The maximum atomic E-state index is 11.3. The van der Waals surface area contributed by atoms with Crippen molar-refractivity contribution in [1.29, 1.82) is 0 Å². The van der Waals surface area contributed by atoms with E-state index in [-0.39, 0.29) is 10.6 Å². The van der Waals surface area contributed by atoms with Gasteiger partial charge in [0.15, 0.2) is 0 Å². The number of nitrogens with one attached hydrogen (secondary N) is 1. The lowest BCUT2D eigenvalue weighted by Gasteiger charge is -2.29. The molecule has 0 bridgehead atoms. The predicted molar refractivity (Wildman–Crippen MR) is 92.9 cm³/mol. The second-order valence-corrected chi connectivity index (χ2v) is 5.85. The summed E-state index contributed by atoms with van der Waals surface area (Å²) < 4.78 is 0. The van der Waals surface area contributed by atoms with E-state index in [1.54, 1.807) is 6.07 Å². The average Bonchev–Trinajstić information content (AvgIpc) is 2.61. The van der Waals surface area contributed by atoms with Gasteiger partial charge < -0.3 is 10.2 Å². The molecule has 23 heavy (non-hydrogen) atoms. The van der Waals surface area contributed by atoms with Crippen LogP contribution in [0.5, 0.6) is 0 Å². The normalized spacial score (nSPS) is 14.5. The fourth-order valence-electron chi connectivity index (χ4n) is 2.97. The number of nitro groups is 1. The van der Waals surface area contributed by atoms with Gasteiger partial charge in [-0.15, -0.1) is 0 Å². The minimum absolute atomic E-state index is 0.127. The predicted octanol–water partition coefficient (Wildman–Crippen LogP) is 4.20. The van der Waals surface area contributed by atoms with Crippen LogP contribution in [0.4, 0.5) is 17.1 Å². The Bertz CT molecular complexity index is 667. The molecule has 0 aliphatic carbocycles. The molecule has 5 nitrogen and oxygen atoms in total. The summed E-state index contributed by atoms with van der Waals surface area (Å²) in [5.74, 6) is 0. The SMILES string of the molecule is O=[N+]([O-])c1ccc(N2CCCCC2)cc1NCc1ccccc1. The number of hydrogen-bond acceptors (Lipinski definition) is 4. The first-order chi connectivity index (χ1) is 11.2. The second kappa shape index (κ2) is 7.13. The molecule has 3 rings (SSSR count). The van der Waals surface area contributed by atoms with Gasteiger partial charge in [0.05, 0.1) is 4.92 Å². The largest absolute Gasteiger partial charge is 0.375 e. The van der Waals surface area contributed by atoms with E-state index in [1.807, 2.05) is 42.5 Å². The zero-order valence-corrected chi connectivity index (χ0v) is 13.1. The highest BCUT2D eigenvalue weighted by Gasteiger charge is 2.17. The molecule has 1 aliphatic heterocycles. The number of nitrogens with zero attached hydrogens (tertiary/aromatic N) is 2. The van der Waals surface area contributed by atoms with Gasteiger partial charge in [-0.3, -0.25) is 10.1 Å². The molecule has 1 saturated heterocycles. The Kier molecular flexibility index (Phi) is 4.76. The van der Waals surface area contributed by atoms with Crippen LogP contribution in [0.2, 0.25) is 0 Å². The molecule has 1 N–H and O–H groups in total. The van der Waals surface area contributed by atoms with Crippen molar-refractivity contribution in [3.8, 4) is 0 Å². The van der Waals surface area contributed by atoms with E-state index in [0.717, 1.165) is 24.3 Å². The molecule has 0 aromatic heterocycles. The van der Waals surface area contributed by atoms with Gasteiger partial charge in [0, 0.05) is 31.4 Å². The van der Waals surface area contributed by atoms with Crippen LogP contribution in [-0.4, -0.2) is 18.0 Å². The fourth-order valence-corrected chi connectivity index (χ4v) is 2.97. The molecule has 0 amide bonds. The van der Waals surface area contributed by atoms with Gasteiger partial charge in [0.1, 0.15) is 5.69 Å². The van der Waals surface area contributed by atoms with Gasteiger partial charge in [0.2, 0.25) is 0 Å². The Morgan fingerprint density at radius 3 is 2.48 bits per heavy atom. The lowest BCUT2D eigenvalue weighted by atomic mass is 10.1. The van der Waals surface area contributed by atoms with Crippen LogP contribution in [0.15, 0.2) is 48.5 Å². The zero-order valence-electron chi connectivity index (χ0n) is 13.1. The van der Waals surface area contributed by atoms with E-state index < -0.39 is 0 Å². The topological polar surface area (TPSA) is 58.4 Å². The van der Waals surface area contributed by atoms with Crippen molar-refractivity contribution in [3.63, 3.8) is 0 Å². The molecular weight excluding hydrogens is 290 g/mol. The van der Waals surface area contributed by atoms with E-state index in [4.69, 9.17) is 0 Å². The molecule has 120 valence electrons. The first-order valence-corrected chi connectivity index (χ1v) is 8.05. The third kappa shape index (κ3) is 3.80. The van der Waals surface area contributed by atoms with Crippen molar-refractivity contribution < 1.29 is 4.92 Å². The van der Waals surface area contributed by atoms with Gasteiger partial charge in [-0.05, 0) is 37.0 Å². The number of hydrogen-bond donors (Lipinski definition) is 1. The summed E-state index contributed by atoms with van der Waals surface area (Å²) in [6.45, 7) is 2.62.